The SMILES string of the molecule is CC1(C)CNCC2(C)OCCOCCOCCOC(C)(CNCC(C)(C)N=C2[O-])C([O-])=N1.[Ni+2]. The smallest absolute Gasteiger partial charge is 0.860 e. The molecule has 3 rings (SSSR count). The van der Waals surface area contributed by atoms with Gasteiger partial charge in [-0.05, 0) is 53.3 Å². The summed E-state index contributed by atoms with van der Waals surface area (Å²) in [4.78, 5) is 8.90. The molecule has 194 valence electrons. The third-order valence-electron chi connectivity index (χ3n) is 5.42. The summed E-state index contributed by atoms with van der Waals surface area (Å²) in [6.45, 7) is 14.0. The number of nitrogens with one attached hydrogen (secondary N) is 2. The fourth-order valence-electron chi connectivity index (χ4n) is 3.43. The van der Waals surface area contributed by atoms with Crippen LogP contribution < -0.4 is 20.8 Å². The first-order valence-corrected chi connectivity index (χ1v) is 11.3. The zero-order valence-corrected chi connectivity index (χ0v) is 21.7. The number of fused-ring (bicyclic) bond motifs is 17. The molecule has 10 nitrogen and oxygen atoms in total. The molecule has 2 unspecified atom stereocenters. The molecular weight excluding hydrogens is 475 g/mol. The third kappa shape index (κ3) is 9.76. The van der Waals surface area contributed by atoms with Crippen molar-refractivity contribution in [1.82, 2.24) is 10.6 Å². The van der Waals surface area contributed by atoms with Gasteiger partial charge < -0.3 is 39.8 Å². The molecule has 0 aromatic heterocycles. The van der Waals surface area contributed by atoms with Gasteiger partial charge in [0.25, 0.3) is 0 Å². The zero-order valence-electron chi connectivity index (χ0n) is 20.7. The van der Waals surface area contributed by atoms with Crippen LogP contribution in [-0.2, 0) is 35.4 Å². The predicted octanol–water partition coefficient (Wildman–Crippen LogP) is -1.15. The summed E-state index contributed by atoms with van der Waals surface area (Å²) in [6, 6.07) is 0. The molecule has 0 amide bonds. The Morgan fingerprint density at radius 1 is 0.606 bits per heavy atom. The van der Waals surface area contributed by atoms with Crippen molar-refractivity contribution >= 4 is 11.8 Å². The Kier molecular flexibility index (Phi) is 11.7. The maximum absolute atomic E-state index is 13.2. The third-order valence-corrected chi connectivity index (χ3v) is 5.42. The average molecular weight is 515 g/mol. The van der Waals surface area contributed by atoms with Crippen LogP contribution in [0.2, 0.25) is 0 Å². The molecule has 3 heterocycles. The second kappa shape index (κ2) is 12.8. The minimum atomic E-state index is -1.18. The molecule has 0 saturated heterocycles. The molecular formula is C22H40N4NiO6. The van der Waals surface area contributed by atoms with Gasteiger partial charge in [-0.1, -0.05) is 0 Å². The maximum Gasteiger partial charge on any atom is 2.00 e. The molecule has 11 heteroatoms. The van der Waals surface area contributed by atoms with Crippen LogP contribution in [0.5, 0.6) is 0 Å². The van der Waals surface area contributed by atoms with Crippen LogP contribution in [0.15, 0.2) is 9.98 Å². The minimum absolute atomic E-state index is 0. The second-order valence-electron chi connectivity index (χ2n) is 10.0. The van der Waals surface area contributed by atoms with E-state index in [-0.39, 0.29) is 54.6 Å². The number of hydrogen-bond donors (Lipinski definition) is 2. The molecule has 2 bridgehead atoms. The van der Waals surface area contributed by atoms with E-state index in [9.17, 15) is 10.2 Å². The molecule has 0 aromatic rings. The van der Waals surface area contributed by atoms with E-state index >= 15 is 0 Å². The Hall–Kier alpha value is -0.806. The Bertz CT molecular complexity index is 619. The first-order chi connectivity index (χ1) is 14.9. The Balaban J connectivity index is 0.00000544. The summed E-state index contributed by atoms with van der Waals surface area (Å²) in [5.41, 5.74) is -3.77. The van der Waals surface area contributed by atoms with Crippen LogP contribution in [0, 0.1) is 0 Å². The monoisotopic (exact) mass is 514 g/mol. The Morgan fingerprint density at radius 2 is 0.939 bits per heavy atom. The minimum Gasteiger partial charge on any atom is -0.860 e. The number of nitrogens with zero attached hydrogens (tertiary/aromatic N) is 2. The normalized spacial score (nSPS) is 32.9. The number of hydrogen-bond acceptors (Lipinski definition) is 10. The van der Waals surface area contributed by atoms with Crippen molar-refractivity contribution in [2.24, 2.45) is 9.98 Å². The van der Waals surface area contributed by atoms with Gasteiger partial charge in [-0.2, -0.15) is 0 Å². The summed E-state index contributed by atoms with van der Waals surface area (Å²) >= 11 is 0. The Morgan fingerprint density at radius 3 is 1.30 bits per heavy atom. The first-order valence-electron chi connectivity index (χ1n) is 11.3. The molecule has 3 aliphatic heterocycles. The van der Waals surface area contributed by atoms with E-state index < -0.39 is 22.3 Å². The van der Waals surface area contributed by atoms with Crippen molar-refractivity contribution in [3.05, 3.63) is 0 Å². The molecule has 0 aliphatic carbocycles. The number of rotatable bonds is 0. The van der Waals surface area contributed by atoms with E-state index in [1.165, 1.54) is 0 Å². The second-order valence-corrected chi connectivity index (χ2v) is 10.0. The van der Waals surface area contributed by atoms with Crippen LogP contribution in [0.1, 0.15) is 41.5 Å². The Labute approximate surface area is 207 Å². The number of ether oxygens (including phenoxy) is 4. The van der Waals surface area contributed by atoms with E-state index in [1.807, 2.05) is 27.7 Å². The summed E-state index contributed by atoms with van der Waals surface area (Å²) in [5, 5.41) is 32.8. The van der Waals surface area contributed by atoms with Crippen LogP contribution in [0.4, 0.5) is 0 Å². The van der Waals surface area contributed by atoms with Crippen molar-refractivity contribution < 1.29 is 45.7 Å². The van der Waals surface area contributed by atoms with E-state index in [4.69, 9.17) is 18.9 Å². The van der Waals surface area contributed by atoms with E-state index in [0.29, 0.717) is 39.5 Å². The summed E-state index contributed by atoms with van der Waals surface area (Å²) in [7, 11) is 0. The van der Waals surface area contributed by atoms with Crippen LogP contribution >= 0.6 is 0 Å². The van der Waals surface area contributed by atoms with Crippen molar-refractivity contribution in [2.45, 2.75) is 63.8 Å². The van der Waals surface area contributed by atoms with Gasteiger partial charge in [0.2, 0.25) is 0 Å². The van der Waals surface area contributed by atoms with Crippen LogP contribution in [-0.4, -0.2) is 99.9 Å². The van der Waals surface area contributed by atoms with Crippen LogP contribution in [0.3, 0.4) is 0 Å². The predicted molar refractivity (Wildman–Crippen MR) is 119 cm³/mol. The van der Waals surface area contributed by atoms with Gasteiger partial charge in [0.15, 0.2) is 0 Å². The average Bonchev–Trinajstić information content (AvgIpc) is 2.67. The summed E-state index contributed by atoms with van der Waals surface area (Å²) < 4.78 is 23.0. The van der Waals surface area contributed by atoms with E-state index in [1.54, 1.807) is 13.8 Å². The molecule has 0 radical (unpaired) electrons. The quantitative estimate of drug-likeness (QED) is 0.306. The zero-order chi connectivity index (χ0) is 23.9. The van der Waals surface area contributed by atoms with Crippen molar-refractivity contribution in [3.63, 3.8) is 0 Å². The first kappa shape index (κ1) is 30.2. The molecule has 0 aromatic carbocycles. The van der Waals surface area contributed by atoms with Crippen molar-refractivity contribution in [3.8, 4) is 0 Å². The molecule has 2 N–H and O–H groups in total. The van der Waals surface area contributed by atoms with Crippen molar-refractivity contribution in [2.75, 3.05) is 65.8 Å². The molecule has 2 atom stereocenters. The van der Waals surface area contributed by atoms with Gasteiger partial charge in [-0.25, -0.2) is 0 Å². The largest absolute Gasteiger partial charge is 2.00 e. The standard InChI is InChI=1S/C22H42N4O6.Ni/c1-19(2)13-23-15-22(6)18(28)26-20(3,4)14-24-16-21(5,17(27)25-19)31-11-9-29-7-8-30-10-12-32-22;/h23-24H,7-16H2,1-6H3,(H,25,27)(H,26,28);/q;+2/p-2. The molecule has 3 aliphatic rings. The molecule has 0 saturated carbocycles. The van der Waals surface area contributed by atoms with Gasteiger partial charge in [0.1, 0.15) is 11.2 Å². The van der Waals surface area contributed by atoms with Gasteiger partial charge in [-0.15, -0.1) is 0 Å². The number of aliphatic imine (C=N–C) groups is 2. The fraction of sp³-hybridized carbons (Fsp3) is 0.909. The fourth-order valence-corrected chi connectivity index (χ4v) is 3.43. The van der Waals surface area contributed by atoms with E-state index in [2.05, 4.69) is 20.6 Å². The van der Waals surface area contributed by atoms with Gasteiger partial charge in [0, 0.05) is 26.2 Å². The van der Waals surface area contributed by atoms with Crippen molar-refractivity contribution in [1.29, 1.82) is 0 Å². The molecule has 33 heavy (non-hydrogen) atoms. The molecule has 0 fully saturated rings. The maximum atomic E-state index is 13.2. The summed E-state index contributed by atoms with van der Waals surface area (Å²) in [5.74, 6) is -0.689. The topological polar surface area (TPSA) is 132 Å². The van der Waals surface area contributed by atoms with E-state index in [0.717, 1.165) is 0 Å². The molecule has 0 spiro atoms. The summed E-state index contributed by atoms with van der Waals surface area (Å²) in [6.07, 6.45) is 0. The van der Waals surface area contributed by atoms with Crippen LogP contribution in [0.25, 0.3) is 0 Å². The van der Waals surface area contributed by atoms with Gasteiger partial charge >= 0.3 is 16.5 Å². The van der Waals surface area contributed by atoms with Gasteiger partial charge in [-0.3, -0.25) is 9.98 Å². The van der Waals surface area contributed by atoms with Gasteiger partial charge in [0.05, 0.1) is 50.7 Å².